The highest BCUT2D eigenvalue weighted by molar-refractivity contribution is 5.95. The topological polar surface area (TPSA) is 62.4 Å². The molecule has 3 aromatic carbocycles. The summed E-state index contributed by atoms with van der Waals surface area (Å²) in [5, 5.41) is 4.95. The molecule has 0 aliphatic carbocycles. The highest BCUT2D eigenvalue weighted by Gasteiger charge is 2.32. The van der Waals surface area contributed by atoms with Gasteiger partial charge in [-0.05, 0) is 47.0 Å². The standard InChI is InChI=1S/C21H18F3N3O2/c22-21(23,24)29-15-10-8-14(9-11-15)25-20(28)19-12-18(26-27-19)17-7-3-5-13-4-1-2-6-16(13)17/h1-11,18-19,26-27H,12H2,(H,25,28). The lowest BCUT2D eigenvalue weighted by Crippen LogP contribution is -2.39. The van der Waals surface area contributed by atoms with Crippen LogP contribution >= 0.6 is 0 Å². The number of rotatable bonds is 4. The second-order valence-electron chi connectivity index (χ2n) is 6.76. The number of carbonyl (C=O) groups is 1. The first-order valence-electron chi connectivity index (χ1n) is 9.04. The van der Waals surface area contributed by atoms with Gasteiger partial charge in [0.1, 0.15) is 11.8 Å². The molecule has 1 fully saturated rings. The van der Waals surface area contributed by atoms with Crippen molar-refractivity contribution in [1.82, 2.24) is 10.9 Å². The average Bonchev–Trinajstić information content (AvgIpc) is 3.18. The van der Waals surface area contributed by atoms with Gasteiger partial charge in [0.2, 0.25) is 5.91 Å². The lowest BCUT2D eigenvalue weighted by atomic mass is 9.96. The number of fused-ring (bicyclic) bond motifs is 1. The van der Waals surface area contributed by atoms with Crippen LogP contribution in [0.4, 0.5) is 18.9 Å². The molecule has 1 aliphatic heterocycles. The zero-order chi connectivity index (χ0) is 20.4. The molecule has 8 heteroatoms. The molecule has 3 aromatic rings. The van der Waals surface area contributed by atoms with Crippen molar-refractivity contribution < 1.29 is 22.7 Å². The SMILES string of the molecule is O=C(Nc1ccc(OC(F)(F)F)cc1)C1CC(c2cccc3ccccc23)NN1. The van der Waals surface area contributed by atoms with Gasteiger partial charge in [-0.1, -0.05) is 42.5 Å². The number of nitrogens with one attached hydrogen (secondary N) is 3. The number of hydrazine groups is 1. The fourth-order valence-corrected chi connectivity index (χ4v) is 3.46. The Kier molecular flexibility index (Phi) is 5.12. The summed E-state index contributed by atoms with van der Waals surface area (Å²) in [5.74, 6) is -0.614. The average molecular weight is 401 g/mol. The lowest BCUT2D eigenvalue weighted by molar-refractivity contribution is -0.274. The van der Waals surface area contributed by atoms with Gasteiger partial charge in [-0.3, -0.25) is 4.79 Å². The summed E-state index contributed by atoms with van der Waals surface area (Å²) < 4.78 is 40.5. The van der Waals surface area contributed by atoms with Crippen LogP contribution in [-0.2, 0) is 4.79 Å². The highest BCUT2D eigenvalue weighted by Crippen LogP contribution is 2.29. The number of ether oxygens (including phenoxy) is 1. The summed E-state index contributed by atoms with van der Waals surface area (Å²) in [6, 6.07) is 18.6. The number of alkyl halides is 3. The van der Waals surface area contributed by atoms with Crippen LogP contribution in [0.3, 0.4) is 0 Å². The third-order valence-electron chi connectivity index (χ3n) is 4.77. The summed E-state index contributed by atoms with van der Waals surface area (Å²) in [6.07, 6.45) is -4.21. The van der Waals surface area contributed by atoms with Crippen LogP contribution in [0, 0.1) is 0 Å². The molecule has 1 amide bonds. The molecule has 0 aromatic heterocycles. The van der Waals surface area contributed by atoms with E-state index < -0.39 is 12.4 Å². The molecule has 0 bridgehead atoms. The maximum absolute atomic E-state index is 12.5. The zero-order valence-electron chi connectivity index (χ0n) is 15.2. The van der Waals surface area contributed by atoms with E-state index in [1.54, 1.807) is 0 Å². The van der Waals surface area contributed by atoms with E-state index in [-0.39, 0.29) is 17.7 Å². The summed E-state index contributed by atoms with van der Waals surface area (Å²) in [7, 11) is 0. The van der Waals surface area contributed by atoms with E-state index in [0.29, 0.717) is 12.1 Å². The van der Waals surface area contributed by atoms with Crippen LogP contribution in [0.5, 0.6) is 5.75 Å². The molecule has 0 radical (unpaired) electrons. The van der Waals surface area contributed by atoms with Gasteiger partial charge in [0.15, 0.2) is 0 Å². The molecule has 1 saturated heterocycles. The Labute approximate surface area is 164 Å². The molecule has 2 atom stereocenters. The fourth-order valence-electron chi connectivity index (χ4n) is 3.46. The largest absolute Gasteiger partial charge is 0.573 e. The Morgan fingerprint density at radius 2 is 1.69 bits per heavy atom. The van der Waals surface area contributed by atoms with E-state index in [2.05, 4.69) is 20.9 Å². The Morgan fingerprint density at radius 3 is 2.45 bits per heavy atom. The number of benzene rings is 3. The van der Waals surface area contributed by atoms with Crippen LogP contribution in [0.15, 0.2) is 66.7 Å². The molecule has 29 heavy (non-hydrogen) atoms. The van der Waals surface area contributed by atoms with Crippen LogP contribution in [0.25, 0.3) is 10.8 Å². The number of hydrogen-bond donors (Lipinski definition) is 3. The van der Waals surface area contributed by atoms with Crippen molar-refractivity contribution in [3.63, 3.8) is 0 Å². The Morgan fingerprint density at radius 1 is 0.966 bits per heavy atom. The van der Waals surface area contributed by atoms with E-state index in [4.69, 9.17) is 0 Å². The predicted octanol–water partition coefficient (Wildman–Crippen LogP) is 4.28. The molecule has 4 rings (SSSR count). The second-order valence-corrected chi connectivity index (χ2v) is 6.76. The van der Waals surface area contributed by atoms with Crippen molar-refractivity contribution in [2.75, 3.05) is 5.32 Å². The smallest absolute Gasteiger partial charge is 0.406 e. The number of hydrogen-bond acceptors (Lipinski definition) is 4. The summed E-state index contributed by atoms with van der Waals surface area (Å²) in [6.45, 7) is 0. The molecule has 1 heterocycles. The summed E-state index contributed by atoms with van der Waals surface area (Å²) in [5.41, 5.74) is 7.64. The van der Waals surface area contributed by atoms with Crippen molar-refractivity contribution in [3.8, 4) is 5.75 Å². The van der Waals surface area contributed by atoms with Gasteiger partial charge in [-0.2, -0.15) is 0 Å². The van der Waals surface area contributed by atoms with E-state index in [9.17, 15) is 18.0 Å². The van der Waals surface area contributed by atoms with E-state index in [1.807, 2.05) is 42.5 Å². The van der Waals surface area contributed by atoms with Gasteiger partial charge in [0.05, 0.1) is 0 Å². The van der Waals surface area contributed by atoms with Crippen molar-refractivity contribution in [2.45, 2.75) is 24.9 Å². The van der Waals surface area contributed by atoms with Crippen LogP contribution in [-0.4, -0.2) is 18.3 Å². The van der Waals surface area contributed by atoms with Gasteiger partial charge in [0, 0.05) is 11.7 Å². The first-order valence-corrected chi connectivity index (χ1v) is 9.04. The van der Waals surface area contributed by atoms with E-state index >= 15 is 0 Å². The highest BCUT2D eigenvalue weighted by atomic mass is 19.4. The van der Waals surface area contributed by atoms with Crippen molar-refractivity contribution in [3.05, 3.63) is 72.3 Å². The quantitative estimate of drug-likeness (QED) is 0.611. The van der Waals surface area contributed by atoms with Crippen molar-refractivity contribution in [2.24, 2.45) is 0 Å². The first-order chi connectivity index (χ1) is 13.9. The predicted molar refractivity (Wildman–Crippen MR) is 103 cm³/mol. The molecule has 150 valence electrons. The Balaban J connectivity index is 1.41. The fraction of sp³-hybridized carbons (Fsp3) is 0.190. The molecule has 0 saturated carbocycles. The minimum Gasteiger partial charge on any atom is -0.406 e. The number of amides is 1. The Bertz CT molecular complexity index is 1020. The summed E-state index contributed by atoms with van der Waals surface area (Å²) >= 11 is 0. The molecule has 2 unspecified atom stereocenters. The third kappa shape index (κ3) is 4.49. The minimum atomic E-state index is -4.75. The van der Waals surface area contributed by atoms with E-state index in [0.717, 1.165) is 28.5 Å². The van der Waals surface area contributed by atoms with E-state index in [1.165, 1.54) is 12.1 Å². The third-order valence-corrected chi connectivity index (χ3v) is 4.77. The number of anilines is 1. The minimum absolute atomic E-state index is 0.0422. The van der Waals surface area contributed by atoms with Gasteiger partial charge >= 0.3 is 6.36 Å². The normalized spacial score (nSPS) is 19.3. The van der Waals surface area contributed by atoms with Gasteiger partial charge in [-0.25, -0.2) is 10.9 Å². The van der Waals surface area contributed by atoms with Crippen LogP contribution in [0.2, 0.25) is 0 Å². The molecule has 0 spiro atoms. The zero-order valence-corrected chi connectivity index (χ0v) is 15.2. The maximum atomic E-state index is 12.5. The number of halogens is 3. The van der Waals surface area contributed by atoms with Crippen molar-refractivity contribution >= 4 is 22.4 Å². The van der Waals surface area contributed by atoms with Gasteiger partial charge in [-0.15, -0.1) is 13.2 Å². The summed E-state index contributed by atoms with van der Waals surface area (Å²) in [4.78, 5) is 12.5. The molecular formula is C21H18F3N3O2. The monoisotopic (exact) mass is 401 g/mol. The second kappa shape index (κ2) is 7.73. The van der Waals surface area contributed by atoms with Gasteiger partial charge < -0.3 is 10.1 Å². The Hall–Kier alpha value is -3.10. The maximum Gasteiger partial charge on any atom is 0.573 e. The van der Waals surface area contributed by atoms with Crippen molar-refractivity contribution in [1.29, 1.82) is 0 Å². The number of carbonyl (C=O) groups excluding carboxylic acids is 1. The molecule has 1 aliphatic rings. The molecular weight excluding hydrogens is 383 g/mol. The lowest BCUT2D eigenvalue weighted by Gasteiger charge is -2.13. The van der Waals surface area contributed by atoms with Crippen LogP contribution < -0.4 is 20.9 Å². The van der Waals surface area contributed by atoms with Crippen LogP contribution in [0.1, 0.15) is 18.0 Å². The van der Waals surface area contributed by atoms with Gasteiger partial charge in [0.25, 0.3) is 0 Å². The molecule has 5 nitrogen and oxygen atoms in total. The first kappa shape index (κ1) is 19.2. The molecule has 3 N–H and O–H groups in total.